The van der Waals surface area contributed by atoms with Gasteiger partial charge in [0.15, 0.2) is 12.4 Å². The number of nitrogens with one attached hydrogen (secondary N) is 1. The minimum absolute atomic E-state index is 0.162. The largest absolute Gasteiger partial charge is 0.452 e. The molecule has 6 heteroatoms. The number of amides is 1. The first kappa shape index (κ1) is 18.1. The van der Waals surface area contributed by atoms with Gasteiger partial charge in [0.2, 0.25) is 0 Å². The Hall–Kier alpha value is -3.67. The molecule has 1 N–H and O–H groups in total. The summed E-state index contributed by atoms with van der Waals surface area (Å²) in [5.74, 6) is -1.28. The maximum Gasteiger partial charge on any atom is 0.338 e. The number of para-hydroxylation sites is 1. The number of carbonyl (C=O) groups excluding carboxylic acids is 3. The molecular formula is C21H18N2O4. The van der Waals surface area contributed by atoms with Crippen molar-refractivity contribution < 1.29 is 19.1 Å². The van der Waals surface area contributed by atoms with Crippen LogP contribution >= 0.6 is 0 Å². The smallest absolute Gasteiger partial charge is 0.338 e. The first-order valence-corrected chi connectivity index (χ1v) is 8.35. The Balaban J connectivity index is 1.62. The Labute approximate surface area is 156 Å². The maximum atomic E-state index is 12.2. The molecule has 0 saturated carbocycles. The lowest BCUT2D eigenvalue weighted by Crippen LogP contribution is -2.22. The molecule has 1 amide bonds. The molecular weight excluding hydrogens is 344 g/mol. The number of benzene rings is 2. The summed E-state index contributed by atoms with van der Waals surface area (Å²) in [6, 6.07) is 17.3. The Morgan fingerprint density at radius 1 is 0.963 bits per heavy atom. The van der Waals surface area contributed by atoms with Crippen molar-refractivity contribution in [2.75, 3.05) is 11.9 Å². The molecule has 0 bridgehead atoms. The van der Waals surface area contributed by atoms with Gasteiger partial charge in [-0.15, -0.1) is 0 Å². The number of hydrogen-bond donors (Lipinski definition) is 1. The second-order valence-corrected chi connectivity index (χ2v) is 5.87. The number of hydrogen-bond acceptors (Lipinski definition) is 4. The van der Waals surface area contributed by atoms with Crippen LogP contribution in [0, 0.1) is 0 Å². The van der Waals surface area contributed by atoms with Crippen LogP contribution in [0.5, 0.6) is 0 Å². The molecule has 27 heavy (non-hydrogen) atoms. The summed E-state index contributed by atoms with van der Waals surface area (Å²) in [6.07, 6.45) is 3.73. The summed E-state index contributed by atoms with van der Waals surface area (Å²) in [6.45, 7) is 0.974. The molecule has 3 rings (SSSR count). The topological polar surface area (TPSA) is 77.4 Å². The highest BCUT2D eigenvalue weighted by molar-refractivity contribution is 6.04. The molecule has 1 aromatic heterocycles. The van der Waals surface area contributed by atoms with Crippen LogP contribution < -0.4 is 5.32 Å². The van der Waals surface area contributed by atoms with Gasteiger partial charge in [-0.2, -0.15) is 0 Å². The highest BCUT2D eigenvalue weighted by Crippen LogP contribution is 2.16. The summed E-state index contributed by atoms with van der Waals surface area (Å²) in [5.41, 5.74) is 1.95. The average Bonchev–Trinajstić information content (AvgIpc) is 3.21. The zero-order valence-corrected chi connectivity index (χ0v) is 14.7. The third-order valence-electron chi connectivity index (χ3n) is 3.90. The summed E-state index contributed by atoms with van der Waals surface area (Å²) < 4.78 is 6.95. The van der Waals surface area contributed by atoms with E-state index in [1.54, 1.807) is 42.5 Å². The first-order chi connectivity index (χ1) is 13.0. The van der Waals surface area contributed by atoms with Gasteiger partial charge in [-0.25, -0.2) is 4.79 Å². The van der Waals surface area contributed by atoms with E-state index < -0.39 is 18.5 Å². The SMILES string of the molecule is CC(=O)c1ccccc1NC(=O)COC(=O)c1cccc(-n2cccc2)c1. The monoisotopic (exact) mass is 362 g/mol. The fourth-order valence-electron chi connectivity index (χ4n) is 2.60. The number of esters is 1. The fourth-order valence-corrected chi connectivity index (χ4v) is 2.60. The molecule has 0 fully saturated rings. The Morgan fingerprint density at radius 3 is 2.44 bits per heavy atom. The van der Waals surface area contributed by atoms with Gasteiger partial charge in [-0.3, -0.25) is 9.59 Å². The van der Waals surface area contributed by atoms with Crippen LogP contribution in [0.2, 0.25) is 0 Å². The van der Waals surface area contributed by atoms with Crippen molar-refractivity contribution in [2.24, 2.45) is 0 Å². The summed E-state index contributed by atoms with van der Waals surface area (Å²) in [7, 11) is 0. The summed E-state index contributed by atoms with van der Waals surface area (Å²) >= 11 is 0. The molecule has 0 aliphatic carbocycles. The molecule has 0 saturated heterocycles. The van der Waals surface area contributed by atoms with Crippen molar-refractivity contribution in [3.05, 3.63) is 84.2 Å². The molecule has 136 valence electrons. The van der Waals surface area contributed by atoms with Crippen molar-refractivity contribution in [3.63, 3.8) is 0 Å². The van der Waals surface area contributed by atoms with Gasteiger partial charge in [0.05, 0.1) is 11.3 Å². The Bertz CT molecular complexity index is 977. The van der Waals surface area contributed by atoms with Crippen LogP contribution in [0.25, 0.3) is 5.69 Å². The minimum atomic E-state index is -0.598. The molecule has 0 aliphatic heterocycles. The van der Waals surface area contributed by atoms with E-state index in [1.807, 2.05) is 35.2 Å². The highest BCUT2D eigenvalue weighted by atomic mass is 16.5. The number of rotatable bonds is 6. The van der Waals surface area contributed by atoms with Gasteiger partial charge in [0.1, 0.15) is 0 Å². The van der Waals surface area contributed by atoms with Gasteiger partial charge < -0.3 is 14.6 Å². The molecule has 2 aromatic carbocycles. The second-order valence-electron chi connectivity index (χ2n) is 5.87. The van der Waals surface area contributed by atoms with Crippen LogP contribution in [-0.4, -0.2) is 28.8 Å². The van der Waals surface area contributed by atoms with Crippen molar-refractivity contribution in [1.29, 1.82) is 0 Å². The highest BCUT2D eigenvalue weighted by Gasteiger charge is 2.13. The van der Waals surface area contributed by atoms with Crippen LogP contribution in [0.3, 0.4) is 0 Å². The van der Waals surface area contributed by atoms with Crippen molar-refractivity contribution in [1.82, 2.24) is 4.57 Å². The lowest BCUT2D eigenvalue weighted by atomic mass is 10.1. The normalized spacial score (nSPS) is 10.3. The number of Topliss-reactive ketones (excluding diaryl/α,β-unsaturated/α-hetero) is 1. The Kier molecular flexibility index (Phi) is 5.47. The predicted molar refractivity (Wildman–Crippen MR) is 101 cm³/mol. The van der Waals surface area contributed by atoms with E-state index in [2.05, 4.69) is 5.32 Å². The molecule has 0 spiro atoms. The van der Waals surface area contributed by atoms with Crippen LogP contribution in [0.1, 0.15) is 27.6 Å². The van der Waals surface area contributed by atoms with Gasteiger partial charge in [0, 0.05) is 23.6 Å². The molecule has 1 heterocycles. The average molecular weight is 362 g/mol. The van der Waals surface area contributed by atoms with E-state index in [4.69, 9.17) is 4.74 Å². The zero-order chi connectivity index (χ0) is 19.2. The predicted octanol–water partition coefficient (Wildman–Crippen LogP) is 3.48. The van der Waals surface area contributed by atoms with Gasteiger partial charge in [-0.05, 0) is 49.4 Å². The lowest BCUT2D eigenvalue weighted by molar-refractivity contribution is -0.119. The molecule has 0 aliphatic rings. The fraction of sp³-hybridized carbons (Fsp3) is 0.0952. The van der Waals surface area contributed by atoms with E-state index in [0.717, 1.165) is 5.69 Å². The van der Waals surface area contributed by atoms with E-state index >= 15 is 0 Å². The number of nitrogens with zero attached hydrogens (tertiary/aromatic N) is 1. The quantitative estimate of drug-likeness (QED) is 0.538. The van der Waals surface area contributed by atoms with Gasteiger partial charge in [0.25, 0.3) is 5.91 Å². The van der Waals surface area contributed by atoms with E-state index in [1.165, 1.54) is 6.92 Å². The molecule has 3 aromatic rings. The molecule has 0 atom stereocenters. The number of anilines is 1. The number of carbonyl (C=O) groups is 3. The van der Waals surface area contributed by atoms with E-state index in [9.17, 15) is 14.4 Å². The van der Waals surface area contributed by atoms with Gasteiger partial charge in [-0.1, -0.05) is 18.2 Å². The van der Waals surface area contributed by atoms with Gasteiger partial charge >= 0.3 is 5.97 Å². The van der Waals surface area contributed by atoms with Crippen molar-refractivity contribution >= 4 is 23.3 Å². The lowest BCUT2D eigenvalue weighted by Gasteiger charge is -2.10. The number of ether oxygens (including phenoxy) is 1. The zero-order valence-electron chi connectivity index (χ0n) is 14.7. The van der Waals surface area contributed by atoms with Crippen LogP contribution in [-0.2, 0) is 9.53 Å². The van der Waals surface area contributed by atoms with Crippen LogP contribution in [0.15, 0.2) is 73.1 Å². The summed E-state index contributed by atoms with van der Waals surface area (Å²) in [5, 5.41) is 2.59. The van der Waals surface area contributed by atoms with Crippen LogP contribution in [0.4, 0.5) is 5.69 Å². The molecule has 6 nitrogen and oxygen atoms in total. The Morgan fingerprint density at radius 2 is 1.70 bits per heavy atom. The van der Waals surface area contributed by atoms with Crippen molar-refractivity contribution in [2.45, 2.75) is 6.92 Å². The molecule has 0 radical (unpaired) electrons. The molecule has 0 unspecified atom stereocenters. The first-order valence-electron chi connectivity index (χ1n) is 8.35. The standard InChI is InChI=1S/C21H18N2O4/c1-15(24)18-9-2-3-10-19(18)22-20(25)14-27-21(26)16-7-6-8-17(13-16)23-11-4-5-12-23/h2-13H,14H2,1H3,(H,22,25). The number of ketones is 1. The van der Waals surface area contributed by atoms with E-state index in [-0.39, 0.29) is 5.78 Å². The third-order valence-corrected chi connectivity index (χ3v) is 3.90. The summed E-state index contributed by atoms with van der Waals surface area (Å²) in [4.78, 5) is 35.9. The maximum absolute atomic E-state index is 12.2. The van der Waals surface area contributed by atoms with Crippen molar-refractivity contribution in [3.8, 4) is 5.69 Å². The van der Waals surface area contributed by atoms with E-state index in [0.29, 0.717) is 16.8 Å². The minimum Gasteiger partial charge on any atom is -0.452 e. The second kappa shape index (κ2) is 8.14. The third kappa shape index (κ3) is 4.49. The number of aromatic nitrogens is 1.